The smallest absolute Gasteiger partial charge is 0.0291 e. The molecular formula is C8H10Si. The van der Waals surface area contributed by atoms with Crippen LogP contribution in [-0.2, 0) is 0 Å². The minimum absolute atomic E-state index is 1.14. The molecule has 0 nitrogen and oxygen atoms in total. The van der Waals surface area contributed by atoms with Crippen molar-refractivity contribution < 1.29 is 0 Å². The zero-order valence-corrected chi connectivity index (χ0v) is 7.54. The predicted octanol–water partition coefficient (Wildman–Crippen LogP) is 1.02. The van der Waals surface area contributed by atoms with Crippen LogP contribution in [0.2, 0.25) is 0 Å². The first-order valence-electron chi connectivity index (χ1n) is 3.11. The van der Waals surface area contributed by atoms with Crippen LogP contribution in [-0.4, -0.2) is 10.2 Å². The third kappa shape index (κ3) is 1.86. The monoisotopic (exact) mass is 134 g/mol. The summed E-state index contributed by atoms with van der Waals surface area (Å²) in [6, 6.07) is 10.3. The van der Waals surface area contributed by atoms with Gasteiger partial charge < -0.3 is 0 Å². The normalized spacial score (nSPS) is 10.7. The van der Waals surface area contributed by atoms with Gasteiger partial charge in [0.25, 0.3) is 0 Å². The minimum atomic E-state index is 1.14. The highest BCUT2D eigenvalue weighted by molar-refractivity contribution is 6.19. The third-order valence-electron chi connectivity index (χ3n) is 1.16. The van der Waals surface area contributed by atoms with E-state index in [-0.39, 0.29) is 0 Å². The van der Waals surface area contributed by atoms with Crippen LogP contribution in [0.5, 0.6) is 0 Å². The fourth-order valence-corrected chi connectivity index (χ4v) is 1.14. The molecule has 1 heteroatoms. The lowest BCUT2D eigenvalue weighted by Gasteiger charge is -1.87. The SMILES string of the molecule is [SiH3]C=Cc1ccccc1. The molecule has 0 radical (unpaired) electrons. The quantitative estimate of drug-likeness (QED) is 0.503. The molecule has 0 atom stereocenters. The average molecular weight is 134 g/mol. The first-order valence-corrected chi connectivity index (χ1v) is 4.26. The van der Waals surface area contributed by atoms with Crippen molar-refractivity contribution in [2.24, 2.45) is 0 Å². The Morgan fingerprint density at radius 2 is 1.78 bits per heavy atom. The number of hydrogen-bond acceptors (Lipinski definition) is 0. The number of hydrogen-bond donors (Lipinski definition) is 0. The van der Waals surface area contributed by atoms with Gasteiger partial charge in [-0.25, -0.2) is 0 Å². The summed E-state index contributed by atoms with van der Waals surface area (Å²) in [6.45, 7) is 0. The van der Waals surface area contributed by atoms with Crippen molar-refractivity contribution in [1.82, 2.24) is 0 Å². The molecule has 1 rings (SSSR count). The van der Waals surface area contributed by atoms with E-state index in [1.807, 2.05) is 6.07 Å². The molecule has 46 valence electrons. The molecule has 0 saturated heterocycles. The van der Waals surface area contributed by atoms with Crippen molar-refractivity contribution >= 4 is 16.3 Å². The molecule has 0 fully saturated rings. The largest absolute Gasteiger partial charge is 0.105 e. The summed E-state index contributed by atoms with van der Waals surface area (Å²) >= 11 is 0. The zero-order chi connectivity index (χ0) is 6.53. The maximum Gasteiger partial charge on any atom is 0.0291 e. The molecule has 0 spiro atoms. The van der Waals surface area contributed by atoms with Crippen molar-refractivity contribution in [3.63, 3.8) is 0 Å². The predicted molar refractivity (Wildman–Crippen MR) is 45.4 cm³/mol. The van der Waals surface area contributed by atoms with E-state index in [1.54, 1.807) is 0 Å². The summed E-state index contributed by atoms with van der Waals surface area (Å²) in [6.07, 6.45) is 2.15. The van der Waals surface area contributed by atoms with E-state index in [9.17, 15) is 0 Å². The van der Waals surface area contributed by atoms with Gasteiger partial charge in [-0.1, -0.05) is 36.4 Å². The minimum Gasteiger partial charge on any atom is -0.105 e. The van der Waals surface area contributed by atoms with Gasteiger partial charge in [0.15, 0.2) is 0 Å². The van der Waals surface area contributed by atoms with Gasteiger partial charge in [0.1, 0.15) is 0 Å². The van der Waals surface area contributed by atoms with E-state index < -0.39 is 0 Å². The molecule has 0 unspecified atom stereocenters. The zero-order valence-electron chi connectivity index (χ0n) is 5.54. The van der Waals surface area contributed by atoms with Gasteiger partial charge in [-0.2, -0.15) is 0 Å². The Labute approximate surface area is 58.6 Å². The van der Waals surface area contributed by atoms with Gasteiger partial charge >= 0.3 is 0 Å². The molecule has 0 aromatic heterocycles. The van der Waals surface area contributed by atoms with E-state index in [1.165, 1.54) is 5.56 Å². The molecule has 0 saturated carbocycles. The summed E-state index contributed by atoms with van der Waals surface area (Å²) in [5, 5.41) is 0. The highest BCUT2D eigenvalue weighted by Gasteiger charge is 1.77. The molecular weight excluding hydrogens is 124 g/mol. The van der Waals surface area contributed by atoms with Crippen molar-refractivity contribution in [2.45, 2.75) is 0 Å². The molecule has 0 aliphatic heterocycles. The van der Waals surface area contributed by atoms with Crippen LogP contribution in [0.25, 0.3) is 6.08 Å². The molecule has 1 aromatic rings. The van der Waals surface area contributed by atoms with Gasteiger partial charge in [0.05, 0.1) is 0 Å². The Morgan fingerprint density at radius 1 is 1.11 bits per heavy atom. The van der Waals surface area contributed by atoms with Crippen LogP contribution >= 0.6 is 0 Å². The average Bonchev–Trinajstić information content (AvgIpc) is 1.91. The van der Waals surface area contributed by atoms with Crippen molar-refractivity contribution in [1.29, 1.82) is 0 Å². The Hall–Kier alpha value is -0.823. The highest BCUT2D eigenvalue weighted by atomic mass is 28.1. The van der Waals surface area contributed by atoms with Crippen LogP contribution in [0.1, 0.15) is 5.56 Å². The Kier molecular flexibility index (Phi) is 2.28. The number of rotatable bonds is 1. The van der Waals surface area contributed by atoms with E-state index in [0.717, 1.165) is 10.2 Å². The second kappa shape index (κ2) is 3.25. The van der Waals surface area contributed by atoms with Crippen LogP contribution < -0.4 is 0 Å². The van der Waals surface area contributed by atoms with Gasteiger partial charge in [0.2, 0.25) is 0 Å². The summed E-state index contributed by atoms with van der Waals surface area (Å²) in [5.41, 5.74) is 3.47. The topological polar surface area (TPSA) is 0 Å². The van der Waals surface area contributed by atoms with Crippen LogP contribution in [0.4, 0.5) is 0 Å². The molecule has 0 N–H and O–H groups in total. The molecule has 0 heterocycles. The lowest BCUT2D eigenvalue weighted by molar-refractivity contribution is 1.66. The van der Waals surface area contributed by atoms with Gasteiger partial charge in [-0.3, -0.25) is 0 Å². The van der Waals surface area contributed by atoms with Gasteiger partial charge in [-0.05, 0) is 5.56 Å². The van der Waals surface area contributed by atoms with Gasteiger partial charge in [0, 0.05) is 10.2 Å². The van der Waals surface area contributed by atoms with Crippen LogP contribution in [0.15, 0.2) is 36.0 Å². The molecule has 0 aliphatic carbocycles. The first kappa shape index (κ1) is 6.30. The standard InChI is InChI=1S/C8H10Si/c9-7-6-8-4-2-1-3-5-8/h1-7H,9H3. The Morgan fingerprint density at radius 3 is 2.33 bits per heavy atom. The maximum absolute atomic E-state index is 2.18. The first-order chi connectivity index (χ1) is 4.43. The van der Waals surface area contributed by atoms with E-state index >= 15 is 0 Å². The second-order valence-corrected chi connectivity index (χ2v) is 2.58. The van der Waals surface area contributed by atoms with Crippen molar-refractivity contribution in [3.05, 3.63) is 41.6 Å². The molecule has 1 aromatic carbocycles. The van der Waals surface area contributed by atoms with Crippen molar-refractivity contribution in [3.8, 4) is 0 Å². The summed E-state index contributed by atoms with van der Waals surface area (Å²) in [4.78, 5) is 0. The summed E-state index contributed by atoms with van der Waals surface area (Å²) < 4.78 is 0. The molecule has 0 aliphatic rings. The van der Waals surface area contributed by atoms with E-state index in [4.69, 9.17) is 0 Å². The second-order valence-electron chi connectivity index (χ2n) is 1.91. The van der Waals surface area contributed by atoms with Crippen LogP contribution in [0.3, 0.4) is 0 Å². The maximum atomic E-state index is 2.18. The Bertz CT molecular complexity index is 189. The fraction of sp³-hybridized carbons (Fsp3) is 0. The number of benzene rings is 1. The van der Waals surface area contributed by atoms with Crippen molar-refractivity contribution in [2.75, 3.05) is 0 Å². The lowest BCUT2D eigenvalue weighted by atomic mass is 10.2. The molecule has 0 amide bonds. The lowest BCUT2D eigenvalue weighted by Crippen LogP contribution is -1.66. The fourth-order valence-electron chi connectivity index (χ4n) is 0.757. The third-order valence-corrected chi connectivity index (χ3v) is 1.49. The van der Waals surface area contributed by atoms with E-state index in [0.29, 0.717) is 0 Å². The van der Waals surface area contributed by atoms with E-state index in [2.05, 4.69) is 36.0 Å². The molecule has 9 heavy (non-hydrogen) atoms. The highest BCUT2D eigenvalue weighted by Crippen LogP contribution is 1.98. The van der Waals surface area contributed by atoms with Gasteiger partial charge in [-0.15, -0.1) is 5.70 Å². The summed E-state index contributed by atoms with van der Waals surface area (Å²) in [7, 11) is 1.14. The summed E-state index contributed by atoms with van der Waals surface area (Å²) in [5.74, 6) is 0. The molecule has 0 bridgehead atoms. The van der Waals surface area contributed by atoms with Crippen LogP contribution in [0, 0.1) is 0 Å². The Balaban J connectivity index is 2.85.